The number of carboxylic acid groups (broad SMARTS) is 1. The average Bonchev–Trinajstić information content (AvgIpc) is 3.41. The smallest absolute Gasteiger partial charge is 0.480 e. The molecule has 1 aliphatic heterocycles. The first-order chi connectivity index (χ1) is 20.5. The van der Waals surface area contributed by atoms with Gasteiger partial charge >= 0.3 is 19.2 Å². The summed E-state index contributed by atoms with van der Waals surface area (Å²) < 4.78 is 18.3. The van der Waals surface area contributed by atoms with Gasteiger partial charge in [0.25, 0.3) is 5.91 Å². The molecular weight excluding hydrogens is 547 g/mol. The van der Waals surface area contributed by atoms with Crippen molar-refractivity contribution >= 4 is 31.2 Å². The van der Waals surface area contributed by atoms with Crippen LogP contribution in [0.2, 0.25) is 0 Å². The van der Waals surface area contributed by atoms with Crippen molar-refractivity contribution in [2.45, 2.75) is 44.8 Å². The first kappa shape index (κ1) is 30.1. The van der Waals surface area contributed by atoms with E-state index in [-0.39, 0.29) is 24.6 Å². The first-order valence-electron chi connectivity index (χ1n) is 14.2. The topological polar surface area (TPSA) is 123 Å². The fourth-order valence-electron chi connectivity index (χ4n) is 5.30. The molecule has 1 fully saturated rings. The Hall–Kier alpha value is -4.41. The van der Waals surface area contributed by atoms with Gasteiger partial charge in [0.05, 0.1) is 11.2 Å². The maximum atomic E-state index is 13.0. The largest absolute Gasteiger partial charge is 0.492 e. The number of carbonyl (C=O) groups excluding carboxylic acids is 2. The zero-order valence-corrected chi connectivity index (χ0v) is 24.7. The van der Waals surface area contributed by atoms with Crippen LogP contribution in [0.5, 0.6) is 0 Å². The Balaban J connectivity index is 1.34. The van der Waals surface area contributed by atoms with E-state index in [0.29, 0.717) is 11.0 Å². The lowest BCUT2D eigenvalue weighted by Gasteiger charge is -2.32. The van der Waals surface area contributed by atoms with Crippen molar-refractivity contribution < 1.29 is 33.5 Å². The molecule has 5 rings (SSSR count). The van der Waals surface area contributed by atoms with Gasteiger partial charge in [-0.2, -0.15) is 0 Å². The molecule has 0 bridgehead atoms. The summed E-state index contributed by atoms with van der Waals surface area (Å²) in [6, 6.07) is 23.0. The summed E-state index contributed by atoms with van der Waals surface area (Å²) >= 11 is 0. The molecule has 1 saturated heterocycles. The van der Waals surface area contributed by atoms with Gasteiger partial charge in [-0.15, -0.1) is 0 Å². The molecule has 3 N–H and O–H groups in total. The molecule has 0 saturated carbocycles. The summed E-state index contributed by atoms with van der Waals surface area (Å²) in [5.41, 5.74) is 4.60. The zero-order valence-electron chi connectivity index (χ0n) is 24.7. The molecule has 3 aromatic rings. The Bertz CT molecular complexity index is 1520. The summed E-state index contributed by atoms with van der Waals surface area (Å²) in [5, 5.41) is 14.2. The standard InChI is InChI=1S/C33H35BN2O7/c1-32(2)33(3,4)43-34(42-32)22(17-21-11-5-6-12-23(21)30(39)35-19-29(37)38)18-36-31(40)41-20-28-26-15-9-7-13-24(26)25-14-8-10-16-27(25)28/h5-17,28H,18-20H2,1-4H3,(H,35,39)(H,36,40)(H,37,38). The van der Waals surface area contributed by atoms with Crippen LogP contribution >= 0.6 is 0 Å². The van der Waals surface area contributed by atoms with E-state index in [1.807, 2.05) is 52.0 Å². The van der Waals surface area contributed by atoms with Crippen LogP contribution in [0.3, 0.4) is 0 Å². The monoisotopic (exact) mass is 582 g/mol. The number of hydrogen-bond donors (Lipinski definition) is 3. The van der Waals surface area contributed by atoms with E-state index in [9.17, 15) is 14.4 Å². The minimum atomic E-state index is -1.15. The van der Waals surface area contributed by atoms with E-state index in [1.54, 1.807) is 30.3 Å². The molecule has 2 aliphatic rings. The molecule has 9 nitrogen and oxygen atoms in total. The lowest BCUT2D eigenvalue weighted by atomic mass is 9.76. The fraction of sp³-hybridized carbons (Fsp3) is 0.303. The molecular formula is C33H35BN2O7. The van der Waals surface area contributed by atoms with Crippen LogP contribution in [0.25, 0.3) is 17.2 Å². The maximum absolute atomic E-state index is 13.0. The van der Waals surface area contributed by atoms with Gasteiger partial charge in [-0.05, 0) is 67.1 Å². The van der Waals surface area contributed by atoms with Crippen molar-refractivity contribution in [3.05, 3.63) is 101 Å². The van der Waals surface area contributed by atoms with E-state index < -0.39 is 42.8 Å². The van der Waals surface area contributed by atoms with Crippen LogP contribution in [0.4, 0.5) is 4.79 Å². The van der Waals surface area contributed by atoms with Crippen LogP contribution in [0.1, 0.15) is 60.7 Å². The number of benzene rings is 3. The predicted molar refractivity (Wildman–Crippen MR) is 164 cm³/mol. The summed E-state index contributed by atoms with van der Waals surface area (Å²) in [5.74, 6) is -1.76. The predicted octanol–water partition coefficient (Wildman–Crippen LogP) is 5.05. The van der Waals surface area contributed by atoms with Gasteiger partial charge < -0.3 is 29.8 Å². The third-order valence-corrected chi connectivity index (χ3v) is 8.28. The van der Waals surface area contributed by atoms with E-state index in [1.165, 1.54) is 0 Å². The van der Waals surface area contributed by atoms with E-state index in [0.717, 1.165) is 22.3 Å². The third-order valence-electron chi connectivity index (χ3n) is 8.28. The highest BCUT2D eigenvalue weighted by molar-refractivity contribution is 6.56. The van der Waals surface area contributed by atoms with Crippen molar-refractivity contribution in [2.24, 2.45) is 0 Å². The Kier molecular flexibility index (Phi) is 8.44. The van der Waals surface area contributed by atoms with Crippen LogP contribution < -0.4 is 10.6 Å². The quantitative estimate of drug-likeness (QED) is 0.302. The van der Waals surface area contributed by atoms with Crippen LogP contribution in [0, 0.1) is 0 Å². The molecule has 0 atom stereocenters. The molecule has 2 amide bonds. The fourth-order valence-corrected chi connectivity index (χ4v) is 5.30. The highest BCUT2D eigenvalue weighted by Crippen LogP contribution is 2.44. The van der Waals surface area contributed by atoms with Gasteiger partial charge in [0.1, 0.15) is 13.2 Å². The SMILES string of the molecule is CC1(C)OB(C(=Cc2ccccc2C(=O)NCC(=O)O)CNC(=O)OCC2c3ccccc3-c3ccccc32)OC1(C)C. The maximum Gasteiger partial charge on any atom is 0.492 e. The average molecular weight is 582 g/mol. The van der Waals surface area contributed by atoms with Crippen LogP contribution in [0.15, 0.2) is 78.3 Å². The van der Waals surface area contributed by atoms with Crippen LogP contribution in [-0.2, 0) is 18.8 Å². The van der Waals surface area contributed by atoms with Crippen molar-refractivity contribution in [1.82, 2.24) is 10.6 Å². The van der Waals surface area contributed by atoms with Gasteiger partial charge in [0.15, 0.2) is 0 Å². The number of carboxylic acids is 1. The van der Waals surface area contributed by atoms with Gasteiger partial charge in [-0.3, -0.25) is 9.59 Å². The second-order valence-electron chi connectivity index (χ2n) is 11.7. The molecule has 3 aromatic carbocycles. The number of aliphatic carboxylic acids is 1. The number of rotatable bonds is 9. The number of amides is 2. The van der Waals surface area contributed by atoms with Gasteiger partial charge in [-0.1, -0.05) is 72.8 Å². The molecule has 222 valence electrons. The lowest BCUT2D eigenvalue weighted by molar-refractivity contribution is -0.135. The summed E-state index contributed by atoms with van der Waals surface area (Å²) in [6.07, 6.45) is 1.12. The second-order valence-corrected chi connectivity index (χ2v) is 11.7. The van der Waals surface area contributed by atoms with Gasteiger partial charge in [0, 0.05) is 18.0 Å². The Morgan fingerprint density at radius 1 is 0.837 bits per heavy atom. The molecule has 0 spiro atoms. The molecule has 1 aliphatic carbocycles. The summed E-state index contributed by atoms with van der Waals surface area (Å²) in [4.78, 5) is 36.8. The molecule has 0 unspecified atom stereocenters. The number of ether oxygens (including phenoxy) is 1. The minimum absolute atomic E-state index is 0.0264. The van der Waals surface area contributed by atoms with Crippen molar-refractivity contribution in [3.63, 3.8) is 0 Å². The van der Waals surface area contributed by atoms with Crippen LogP contribution in [-0.4, -0.2) is 61.1 Å². The number of hydrogen-bond acceptors (Lipinski definition) is 6. The van der Waals surface area contributed by atoms with E-state index in [2.05, 4.69) is 34.9 Å². The Morgan fingerprint density at radius 3 is 2.00 bits per heavy atom. The van der Waals surface area contributed by atoms with Gasteiger partial charge in [-0.25, -0.2) is 4.79 Å². The molecule has 0 radical (unpaired) electrons. The van der Waals surface area contributed by atoms with Crippen molar-refractivity contribution in [2.75, 3.05) is 19.7 Å². The summed E-state index contributed by atoms with van der Waals surface area (Å²) in [6.45, 7) is 7.40. The third kappa shape index (κ3) is 6.35. The lowest BCUT2D eigenvalue weighted by Crippen LogP contribution is -2.41. The molecule has 10 heteroatoms. The molecule has 0 aromatic heterocycles. The van der Waals surface area contributed by atoms with E-state index >= 15 is 0 Å². The van der Waals surface area contributed by atoms with Gasteiger partial charge in [0.2, 0.25) is 0 Å². The minimum Gasteiger partial charge on any atom is -0.480 e. The highest BCUT2D eigenvalue weighted by atomic mass is 16.7. The summed E-state index contributed by atoms with van der Waals surface area (Å²) in [7, 11) is -0.811. The number of fused-ring (bicyclic) bond motifs is 3. The molecule has 43 heavy (non-hydrogen) atoms. The highest BCUT2D eigenvalue weighted by Gasteiger charge is 2.52. The number of nitrogens with one attached hydrogen (secondary N) is 2. The Morgan fingerprint density at radius 2 is 1.40 bits per heavy atom. The number of alkyl carbamates (subject to hydrolysis) is 1. The van der Waals surface area contributed by atoms with Crippen molar-refractivity contribution in [1.29, 1.82) is 0 Å². The normalized spacial score (nSPS) is 16.7. The number of carbonyl (C=O) groups is 3. The second kappa shape index (κ2) is 12.1. The first-order valence-corrected chi connectivity index (χ1v) is 14.2. The zero-order chi connectivity index (χ0) is 30.8. The Labute approximate surface area is 251 Å². The van der Waals surface area contributed by atoms with E-state index in [4.69, 9.17) is 19.2 Å². The van der Waals surface area contributed by atoms with Crippen molar-refractivity contribution in [3.8, 4) is 11.1 Å². The molecule has 1 heterocycles.